The molecule has 100 valence electrons. The molecular weight excluding hydrogens is 228 g/mol. The van der Waals surface area contributed by atoms with Crippen LogP contribution in [0.4, 0.5) is 11.4 Å². The lowest BCUT2D eigenvalue weighted by Gasteiger charge is -2.30. The zero-order valence-electron chi connectivity index (χ0n) is 11.0. The standard InChI is InChI=1S/C14H22N2O2/c1-17-10-4-7-15-13-5-2-3-6-14(13)16-8-11-18-12-9-16/h2-3,5-6,15H,4,7-12H2,1H3. The van der Waals surface area contributed by atoms with E-state index in [0.717, 1.165) is 45.9 Å². The molecule has 0 bridgehead atoms. The molecule has 1 heterocycles. The van der Waals surface area contributed by atoms with E-state index < -0.39 is 0 Å². The maximum atomic E-state index is 5.40. The van der Waals surface area contributed by atoms with E-state index in [4.69, 9.17) is 9.47 Å². The number of para-hydroxylation sites is 2. The van der Waals surface area contributed by atoms with E-state index >= 15 is 0 Å². The first-order chi connectivity index (χ1) is 8.92. The average Bonchev–Trinajstić information content (AvgIpc) is 2.45. The Kier molecular flexibility index (Phi) is 5.30. The second-order valence-electron chi connectivity index (χ2n) is 4.39. The highest BCUT2D eigenvalue weighted by atomic mass is 16.5. The van der Waals surface area contributed by atoms with Gasteiger partial charge in [0.1, 0.15) is 0 Å². The topological polar surface area (TPSA) is 33.7 Å². The molecule has 0 spiro atoms. The van der Waals surface area contributed by atoms with Gasteiger partial charge in [-0.2, -0.15) is 0 Å². The fourth-order valence-corrected chi connectivity index (χ4v) is 2.14. The highest BCUT2D eigenvalue weighted by molar-refractivity contribution is 5.70. The lowest BCUT2D eigenvalue weighted by atomic mass is 10.2. The predicted molar refractivity (Wildman–Crippen MR) is 74.5 cm³/mol. The van der Waals surface area contributed by atoms with Crippen molar-refractivity contribution in [2.45, 2.75) is 6.42 Å². The number of hydrogen-bond donors (Lipinski definition) is 1. The van der Waals surface area contributed by atoms with Gasteiger partial charge in [-0.25, -0.2) is 0 Å². The van der Waals surface area contributed by atoms with Gasteiger partial charge in [0.15, 0.2) is 0 Å². The summed E-state index contributed by atoms with van der Waals surface area (Å²) < 4.78 is 10.5. The Hall–Kier alpha value is -1.26. The Morgan fingerprint density at radius 1 is 1.28 bits per heavy atom. The molecule has 0 radical (unpaired) electrons. The third kappa shape index (κ3) is 3.62. The summed E-state index contributed by atoms with van der Waals surface area (Å²) >= 11 is 0. The second-order valence-corrected chi connectivity index (χ2v) is 4.39. The van der Waals surface area contributed by atoms with Gasteiger partial charge in [0, 0.05) is 33.4 Å². The Balaban J connectivity index is 1.96. The summed E-state index contributed by atoms with van der Waals surface area (Å²) in [5.41, 5.74) is 2.48. The van der Waals surface area contributed by atoms with Crippen LogP contribution < -0.4 is 10.2 Å². The van der Waals surface area contributed by atoms with Crippen molar-refractivity contribution < 1.29 is 9.47 Å². The van der Waals surface area contributed by atoms with Crippen LogP contribution in [-0.4, -0.2) is 46.6 Å². The van der Waals surface area contributed by atoms with Gasteiger partial charge in [-0.05, 0) is 18.6 Å². The molecule has 2 rings (SSSR count). The average molecular weight is 250 g/mol. The lowest BCUT2D eigenvalue weighted by Crippen LogP contribution is -2.36. The third-order valence-corrected chi connectivity index (χ3v) is 3.10. The number of hydrogen-bond acceptors (Lipinski definition) is 4. The van der Waals surface area contributed by atoms with Gasteiger partial charge in [-0.3, -0.25) is 0 Å². The van der Waals surface area contributed by atoms with Gasteiger partial charge in [-0.15, -0.1) is 0 Å². The number of benzene rings is 1. The van der Waals surface area contributed by atoms with Crippen molar-refractivity contribution in [2.24, 2.45) is 0 Å². The number of rotatable bonds is 6. The van der Waals surface area contributed by atoms with E-state index in [1.807, 2.05) is 0 Å². The minimum absolute atomic E-state index is 0.798. The SMILES string of the molecule is COCCCNc1ccccc1N1CCOCC1. The largest absolute Gasteiger partial charge is 0.385 e. The fraction of sp³-hybridized carbons (Fsp3) is 0.571. The molecule has 1 aliphatic heterocycles. The van der Waals surface area contributed by atoms with Crippen LogP contribution >= 0.6 is 0 Å². The van der Waals surface area contributed by atoms with Crippen LogP contribution in [0.25, 0.3) is 0 Å². The highest BCUT2D eigenvalue weighted by Crippen LogP contribution is 2.26. The van der Waals surface area contributed by atoms with E-state index in [2.05, 4.69) is 34.5 Å². The predicted octanol–water partition coefficient (Wildman–Crippen LogP) is 1.97. The minimum Gasteiger partial charge on any atom is -0.385 e. The monoisotopic (exact) mass is 250 g/mol. The van der Waals surface area contributed by atoms with Gasteiger partial charge in [0.2, 0.25) is 0 Å². The molecule has 1 saturated heterocycles. The number of morpholine rings is 1. The summed E-state index contributed by atoms with van der Waals surface area (Å²) in [6.07, 6.45) is 1.02. The Labute approximate surface area is 109 Å². The Morgan fingerprint density at radius 2 is 2.06 bits per heavy atom. The second kappa shape index (κ2) is 7.24. The summed E-state index contributed by atoms with van der Waals surface area (Å²) in [7, 11) is 1.74. The normalized spacial score (nSPS) is 15.7. The molecule has 0 aliphatic carbocycles. The van der Waals surface area contributed by atoms with Crippen LogP contribution in [0.15, 0.2) is 24.3 Å². The van der Waals surface area contributed by atoms with Crippen molar-refractivity contribution in [2.75, 3.05) is 56.8 Å². The van der Waals surface area contributed by atoms with Gasteiger partial charge < -0.3 is 19.7 Å². The number of methoxy groups -OCH3 is 1. The van der Waals surface area contributed by atoms with Crippen molar-refractivity contribution in [3.8, 4) is 0 Å². The zero-order valence-corrected chi connectivity index (χ0v) is 11.0. The highest BCUT2D eigenvalue weighted by Gasteiger charge is 2.13. The molecule has 0 aromatic heterocycles. The van der Waals surface area contributed by atoms with Crippen LogP contribution in [0.3, 0.4) is 0 Å². The molecule has 0 atom stereocenters. The molecule has 1 aromatic rings. The summed E-state index contributed by atoms with van der Waals surface area (Å²) in [5, 5.41) is 3.48. The molecule has 1 fully saturated rings. The zero-order chi connectivity index (χ0) is 12.6. The fourth-order valence-electron chi connectivity index (χ4n) is 2.14. The smallest absolute Gasteiger partial charge is 0.0642 e. The van der Waals surface area contributed by atoms with Gasteiger partial charge >= 0.3 is 0 Å². The molecule has 18 heavy (non-hydrogen) atoms. The summed E-state index contributed by atoms with van der Waals surface area (Å²) in [5.74, 6) is 0. The first-order valence-electron chi connectivity index (χ1n) is 6.56. The minimum atomic E-state index is 0.798. The maximum Gasteiger partial charge on any atom is 0.0642 e. The quantitative estimate of drug-likeness (QED) is 0.783. The van der Waals surface area contributed by atoms with E-state index in [-0.39, 0.29) is 0 Å². The van der Waals surface area contributed by atoms with Gasteiger partial charge in [0.25, 0.3) is 0 Å². The van der Waals surface area contributed by atoms with Crippen LogP contribution in [-0.2, 0) is 9.47 Å². The van der Waals surface area contributed by atoms with Crippen LogP contribution in [0.5, 0.6) is 0 Å². The first kappa shape index (κ1) is 13.2. The molecule has 4 nitrogen and oxygen atoms in total. The number of nitrogens with one attached hydrogen (secondary N) is 1. The van der Waals surface area contributed by atoms with E-state index in [9.17, 15) is 0 Å². The molecule has 0 amide bonds. The summed E-state index contributed by atoms with van der Waals surface area (Å²) in [6.45, 7) is 5.31. The number of nitrogens with zero attached hydrogens (tertiary/aromatic N) is 1. The Bertz CT molecular complexity index is 351. The molecule has 1 aliphatic rings. The van der Waals surface area contributed by atoms with Crippen molar-refractivity contribution in [1.82, 2.24) is 0 Å². The summed E-state index contributed by atoms with van der Waals surface area (Å²) in [6, 6.07) is 8.47. The lowest BCUT2D eigenvalue weighted by molar-refractivity contribution is 0.123. The molecular formula is C14H22N2O2. The molecule has 0 unspecified atom stereocenters. The van der Waals surface area contributed by atoms with E-state index in [1.165, 1.54) is 11.4 Å². The van der Waals surface area contributed by atoms with Crippen LogP contribution in [0.1, 0.15) is 6.42 Å². The van der Waals surface area contributed by atoms with Gasteiger partial charge in [-0.1, -0.05) is 12.1 Å². The van der Waals surface area contributed by atoms with Crippen LogP contribution in [0.2, 0.25) is 0 Å². The molecule has 1 N–H and O–H groups in total. The first-order valence-corrected chi connectivity index (χ1v) is 6.56. The Morgan fingerprint density at radius 3 is 2.83 bits per heavy atom. The molecule has 1 aromatic carbocycles. The maximum absolute atomic E-state index is 5.40. The third-order valence-electron chi connectivity index (χ3n) is 3.10. The molecule has 4 heteroatoms. The van der Waals surface area contributed by atoms with Gasteiger partial charge in [0.05, 0.1) is 24.6 Å². The van der Waals surface area contributed by atoms with E-state index in [1.54, 1.807) is 7.11 Å². The van der Waals surface area contributed by atoms with E-state index in [0.29, 0.717) is 0 Å². The van der Waals surface area contributed by atoms with Crippen molar-refractivity contribution >= 4 is 11.4 Å². The number of ether oxygens (including phenoxy) is 2. The van der Waals surface area contributed by atoms with Crippen molar-refractivity contribution in [3.63, 3.8) is 0 Å². The number of anilines is 2. The van der Waals surface area contributed by atoms with Crippen molar-refractivity contribution in [1.29, 1.82) is 0 Å². The molecule has 0 saturated carbocycles. The van der Waals surface area contributed by atoms with Crippen LogP contribution in [0, 0.1) is 0 Å². The summed E-state index contributed by atoms with van der Waals surface area (Å²) in [4.78, 5) is 2.38. The van der Waals surface area contributed by atoms with Crippen molar-refractivity contribution in [3.05, 3.63) is 24.3 Å².